The van der Waals surface area contributed by atoms with Crippen molar-refractivity contribution in [3.63, 3.8) is 0 Å². The van der Waals surface area contributed by atoms with E-state index in [1.807, 2.05) is 0 Å². The van der Waals surface area contributed by atoms with E-state index in [9.17, 15) is 17.2 Å². The molecule has 0 amide bonds. The van der Waals surface area contributed by atoms with E-state index in [-0.39, 0.29) is 9.92 Å². The molecule has 31 heavy (non-hydrogen) atoms. The first-order chi connectivity index (χ1) is 14.8. The molecule has 2 aromatic carbocycles. The Labute approximate surface area is 185 Å². The normalized spacial score (nSPS) is 19.3. The smallest absolute Gasteiger partial charge is 0.243 e. The number of hydrogen-bond donors (Lipinski definition) is 2. The van der Waals surface area contributed by atoms with Gasteiger partial charge in [-0.2, -0.15) is 4.31 Å². The summed E-state index contributed by atoms with van der Waals surface area (Å²) in [4.78, 5) is 4.73. The van der Waals surface area contributed by atoms with Gasteiger partial charge in [0.1, 0.15) is 17.5 Å². The van der Waals surface area contributed by atoms with Crippen molar-refractivity contribution in [2.24, 2.45) is 4.99 Å². The fraction of sp³-hybridized carbons (Fsp3) is 0.381. The number of hydrogen-bond acceptors (Lipinski definition) is 5. The highest BCUT2D eigenvalue weighted by molar-refractivity contribution is 7.89. The van der Waals surface area contributed by atoms with Gasteiger partial charge in [-0.3, -0.25) is 4.99 Å². The predicted molar refractivity (Wildman–Crippen MR) is 116 cm³/mol. The topological polar surface area (TPSA) is 73.8 Å². The number of amidine groups is 1. The molecule has 10 heteroatoms. The van der Waals surface area contributed by atoms with Gasteiger partial charge < -0.3 is 10.6 Å². The van der Waals surface area contributed by atoms with E-state index >= 15 is 0 Å². The van der Waals surface area contributed by atoms with Crippen LogP contribution in [0.25, 0.3) is 0 Å². The second kappa shape index (κ2) is 8.82. The molecule has 4 rings (SSSR count). The summed E-state index contributed by atoms with van der Waals surface area (Å²) < 4.78 is 53.8. The Morgan fingerprint density at radius 3 is 2.52 bits per heavy atom. The number of sulfonamides is 1. The zero-order valence-electron chi connectivity index (χ0n) is 16.7. The van der Waals surface area contributed by atoms with Crippen molar-refractivity contribution < 1.29 is 17.2 Å². The molecule has 0 saturated carbocycles. The Morgan fingerprint density at radius 1 is 1.13 bits per heavy atom. The first-order valence-corrected chi connectivity index (χ1v) is 11.9. The number of piperidine rings is 1. The molecule has 0 unspecified atom stereocenters. The zero-order chi connectivity index (χ0) is 22.1. The van der Waals surface area contributed by atoms with Crippen LogP contribution in [0.2, 0.25) is 5.02 Å². The minimum Gasteiger partial charge on any atom is -0.368 e. The molecule has 1 spiro atoms. The molecule has 2 N–H and O–H groups in total. The highest BCUT2D eigenvalue weighted by Crippen LogP contribution is 2.29. The van der Waals surface area contributed by atoms with E-state index in [4.69, 9.17) is 11.6 Å². The maximum Gasteiger partial charge on any atom is 0.243 e. The Hall–Kier alpha value is -2.07. The SMILES string of the molecule is O=S(=O)(c1ccc(F)cc1)N1CCC2(CC1)NCCN=C2NCc1ccc(F)c(Cl)c1. The maximum atomic E-state index is 13.4. The van der Waals surface area contributed by atoms with Crippen molar-refractivity contribution in [1.82, 2.24) is 14.9 Å². The van der Waals surface area contributed by atoms with E-state index in [0.717, 1.165) is 23.5 Å². The van der Waals surface area contributed by atoms with Crippen LogP contribution in [0.5, 0.6) is 0 Å². The van der Waals surface area contributed by atoms with Crippen LogP contribution in [0.4, 0.5) is 8.78 Å². The third kappa shape index (κ3) is 4.59. The molecule has 0 bridgehead atoms. The van der Waals surface area contributed by atoms with Crippen molar-refractivity contribution in [3.05, 3.63) is 64.7 Å². The summed E-state index contributed by atoms with van der Waals surface area (Å²) in [5, 5.41) is 6.91. The second-order valence-electron chi connectivity index (χ2n) is 7.70. The third-order valence-corrected chi connectivity index (χ3v) is 7.97. The Kier molecular flexibility index (Phi) is 6.30. The quantitative estimate of drug-likeness (QED) is 0.723. The van der Waals surface area contributed by atoms with Crippen LogP contribution in [0.1, 0.15) is 18.4 Å². The van der Waals surface area contributed by atoms with E-state index < -0.39 is 27.2 Å². The van der Waals surface area contributed by atoms with Gasteiger partial charge in [-0.05, 0) is 54.8 Å². The number of rotatable bonds is 4. The van der Waals surface area contributed by atoms with Crippen molar-refractivity contribution in [2.75, 3.05) is 26.2 Å². The largest absolute Gasteiger partial charge is 0.368 e. The van der Waals surface area contributed by atoms with Crippen LogP contribution in [-0.4, -0.2) is 50.3 Å². The molecule has 2 heterocycles. The van der Waals surface area contributed by atoms with Crippen molar-refractivity contribution in [2.45, 2.75) is 29.8 Å². The molecular weight excluding hydrogens is 446 g/mol. The van der Waals surface area contributed by atoms with Crippen LogP contribution in [0, 0.1) is 11.6 Å². The van der Waals surface area contributed by atoms with Gasteiger partial charge in [-0.15, -0.1) is 0 Å². The van der Waals surface area contributed by atoms with Gasteiger partial charge in [0.05, 0.1) is 22.0 Å². The zero-order valence-corrected chi connectivity index (χ0v) is 18.3. The van der Waals surface area contributed by atoms with Gasteiger partial charge in [0.25, 0.3) is 0 Å². The van der Waals surface area contributed by atoms with Crippen molar-refractivity contribution >= 4 is 27.5 Å². The molecule has 0 radical (unpaired) electrons. The number of nitrogens with zero attached hydrogens (tertiary/aromatic N) is 2. The predicted octanol–water partition coefficient (Wildman–Crippen LogP) is 2.93. The van der Waals surface area contributed by atoms with Gasteiger partial charge in [-0.1, -0.05) is 17.7 Å². The fourth-order valence-electron chi connectivity index (χ4n) is 4.04. The Bertz CT molecular complexity index is 1090. The minimum atomic E-state index is -3.69. The lowest BCUT2D eigenvalue weighted by molar-refractivity contribution is 0.241. The summed E-state index contributed by atoms with van der Waals surface area (Å²) in [6.45, 7) is 2.38. The number of benzene rings is 2. The van der Waals surface area contributed by atoms with Gasteiger partial charge in [-0.25, -0.2) is 17.2 Å². The molecule has 0 aromatic heterocycles. The average Bonchev–Trinajstić information content (AvgIpc) is 2.76. The lowest BCUT2D eigenvalue weighted by Crippen LogP contribution is -2.64. The van der Waals surface area contributed by atoms with Gasteiger partial charge in [0.15, 0.2) is 0 Å². The van der Waals surface area contributed by atoms with E-state index in [2.05, 4.69) is 15.6 Å². The average molecular weight is 469 g/mol. The standard InChI is InChI=1S/C21H23ClF2N4O2S/c22-18-13-15(1-6-19(18)24)14-26-20-21(27-10-9-25-20)7-11-28(12-8-21)31(29,30)17-4-2-16(23)3-5-17/h1-6,13,27H,7-12,14H2,(H,25,26). The summed E-state index contributed by atoms with van der Waals surface area (Å²) >= 11 is 5.87. The first-order valence-electron chi connectivity index (χ1n) is 10.0. The van der Waals surface area contributed by atoms with Crippen molar-refractivity contribution in [3.8, 4) is 0 Å². The van der Waals surface area contributed by atoms with Crippen LogP contribution in [0.3, 0.4) is 0 Å². The van der Waals surface area contributed by atoms with Crippen LogP contribution in [-0.2, 0) is 16.6 Å². The minimum absolute atomic E-state index is 0.0667. The Balaban J connectivity index is 1.45. The second-order valence-corrected chi connectivity index (χ2v) is 10.0. The van der Waals surface area contributed by atoms with Crippen LogP contribution in [0.15, 0.2) is 52.4 Å². The summed E-state index contributed by atoms with van der Waals surface area (Å²) in [5.41, 5.74) is 0.378. The monoisotopic (exact) mass is 468 g/mol. The third-order valence-electron chi connectivity index (χ3n) is 5.77. The highest BCUT2D eigenvalue weighted by atomic mass is 35.5. The number of halogens is 3. The van der Waals surface area contributed by atoms with Gasteiger partial charge in [0.2, 0.25) is 10.0 Å². The molecule has 1 saturated heterocycles. The molecule has 2 aromatic rings. The number of nitrogens with one attached hydrogen (secondary N) is 2. The molecule has 2 aliphatic rings. The summed E-state index contributed by atoms with van der Waals surface area (Å²) in [5.74, 6) is -0.163. The number of aliphatic imine (C=N–C) groups is 1. The maximum absolute atomic E-state index is 13.4. The first kappa shape index (κ1) is 22.1. The van der Waals surface area contributed by atoms with E-state index in [1.54, 1.807) is 12.1 Å². The molecule has 0 atom stereocenters. The molecule has 1 fully saturated rings. The van der Waals surface area contributed by atoms with E-state index in [0.29, 0.717) is 45.6 Å². The summed E-state index contributed by atoms with van der Waals surface area (Å²) in [6, 6.07) is 9.44. The molecule has 166 valence electrons. The van der Waals surface area contributed by atoms with Crippen LogP contribution < -0.4 is 10.6 Å². The summed E-state index contributed by atoms with van der Waals surface area (Å²) in [7, 11) is -3.69. The lowest BCUT2D eigenvalue weighted by Gasteiger charge is -2.44. The lowest BCUT2D eigenvalue weighted by atomic mass is 9.85. The Morgan fingerprint density at radius 2 is 1.84 bits per heavy atom. The molecule has 0 aliphatic carbocycles. The van der Waals surface area contributed by atoms with Crippen molar-refractivity contribution in [1.29, 1.82) is 0 Å². The molecule has 6 nitrogen and oxygen atoms in total. The summed E-state index contributed by atoms with van der Waals surface area (Å²) in [6.07, 6.45) is 1.09. The molecule has 2 aliphatic heterocycles. The van der Waals surface area contributed by atoms with Gasteiger partial charge >= 0.3 is 0 Å². The van der Waals surface area contributed by atoms with Crippen LogP contribution >= 0.6 is 11.6 Å². The fourth-order valence-corrected chi connectivity index (χ4v) is 5.68. The highest BCUT2D eigenvalue weighted by Gasteiger charge is 2.43. The van der Waals surface area contributed by atoms with E-state index in [1.165, 1.54) is 22.5 Å². The molecular formula is C21H23ClF2N4O2S. The van der Waals surface area contributed by atoms with Gasteiger partial charge in [0, 0.05) is 26.2 Å².